The van der Waals surface area contributed by atoms with Crippen LogP contribution in [0.5, 0.6) is 0 Å². The van der Waals surface area contributed by atoms with E-state index in [0.717, 1.165) is 18.4 Å². The van der Waals surface area contributed by atoms with Crippen LogP contribution in [0.25, 0.3) is 0 Å². The highest BCUT2D eigenvalue weighted by Crippen LogP contribution is 2.24. The minimum absolute atomic E-state index is 0.0136. The van der Waals surface area contributed by atoms with Crippen LogP contribution >= 0.6 is 11.3 Å². The van der Waals surface area contributed by atoms with Gasteiger partial charge in [0.1, 0.15) is 0 Å². The van der Waals surface area contributed by atoms with Crippen LogP contribution in [0.1, 0.15) is 38.4 Å². The highest BCUT2D eigenvalue weighted by atomic mass is 32.1. The summed E-state index contributed by atoms with van der Waals surface area (Å²) in [7, 11) is 1.58. The van der Waals surface area contributed by atoms with Gasteiger partial charge in [0.25, 0.3) is 11.8 Å². The van der Waals surface area contributed by atoms with Gasteiger partial charge in [-0.15, -0.1) is 11.3 Å². The molecule has 2 aromatic rings. The summed E-state index contributed by atoms with van der Waals surface area (Å²) in [5.74, 6) is -0.573. The molecule has 1 fully saturated rings. The molecule has 0 radical (unpaired) electrons. The molecule has 0 saturated carbocycles. The number of amides is 3. The number of nitrogens with one attached hydrogen (secondary N) is 2. The third-order valence-corrected chi connectivity index (χ3v) is 5.73. The molecule has 0 spiro atoms. The maximum atomic E-state index is 12.8. The Kier molecular flexibility index (Phi) is 5.91. The largest absolute Gasteiger partial charge is 0.355 e. The summed E-state index contributed by atoms with van der Waals surface area (Å²) in [5, 5.41) is 7.42. The van der Waals surface area contributed by atoms with Crippen molar-refractivity contribution in [2.45, 2.75) is 19.8 Å². The molecule has 142 valence electrons. The first-order valence-electron chi connectivity index (χ1n) is 8.96. The number of carbonyl (C=O) groups is 3. The van der Waals surface area contributed by atoms with Crippen molar-refractivity contribution < 1.29 is 14.4 Å². The first kappa shape index (κ1) is 19.1. The topological polar surface area (TPSA) is 78.5 Å². The van der Waals surface area contributed by atoms with Gasteiger partial charge in [0.2, 0.25) is 5.91 Å². The predicted octanol–water partition coefficient (Wildman–Crippen LogP) is 2.91. The zero-order valence-electron chi connectivity index (χ0n) is 15.5. The number of benzene rings is 1. The van der Waals surface area contributed by atoms with E-state index in [1.165, 1.54) is 11.3 Å². The molecule has 1 aliphatic heterocycles. The van der Waals surface area contributed by atoms with Gasteiger partial charge in [-0.25, -0.2) is 0 Å². The van der Waals surface area contributed by atoms with Gasteiger partial charge in [0.15, 0.2) is 0 Å². The molecule has 6 nitrogen and oxygen atoms in total. The Morgan fingerprint density at radius 1 is 1.19 bits per heavy atom. The molecule has 7 heteroatoms. The summed E-state index contributed by atoms with van der Waals surface area (Å²) in [6, 6.07) is 8.93. The molecular weight excluding hydrogens is 362 g/mol. The van der Waals surface area contributed by atoms with E-state index in [-0.39, 0.29) is 23.6 Å². The van der Waals surface area contributed by atoms with Gasteiger partial charge < -0.3 is 15.5 Å². The molecule has 1 unspecified atom stereocenters. The van der Waals surface area contributed by atoms with E-state index in [9.17, 15) is 14.4 Å². The third-order valence-electron chi connectivity index (χ3n) is 4.87. The molecule has 27 heavy (non-hydrogen) atoms. The Morgan fingerprint density at radius 2 is 2.00 bits per heavy atom. The predicted molar refractivity (Wildman–Crippen MR) is 106 cm³/mol. The van der Waals surface area contributed by atoms with Gasteiger partial charge in [-0.3, -0.25) is 14.4 Å². The van der Waals surface area contributed by atoms with Crippen molar-refractivity contribution in [3.05, 3.63) is 51.7 Å². The lowest BCUT2D eigenvalue weighted by Crippen LogP contribution is -2.43. The number of rotatable bonds is 4. The monoisotopic (exact) mass is 385 g/mol. The Hall–Kier alpha value is -2.67. The quantitative estimate of drug-likeness (QED) is 0.849. The first-order valence-corrected chi connectivity index (χ1v) is 9.84. The Morgan fingerprint density at radius 3 is 2.70 bits per heavy atom. The van der Waals surface area contributed by atoms with E-state index >= 15 is 0 Å². The van der Waals surface area contributed by atoms with E-state index in [2.05, 4.69) is 10.6 Å². The van der Waals surface area contributed by atoms with Crippen molar-refractivity contribution in [2.24, 2.45) is 5.92 Å². The van der Waals surface area contributed by atoms with Crippen molar-refractivity contribution in [1.82, 2.24) is 10.2 Å². The number of piperidine rings is 1. The van der Waals surface area contributed by atoms with Crippen LogP contribution in [-0.4, -0.2) is 42.8 Å². The first-order chi connectivity index (χ1) is 13.0. The van der Waals surface area contributed by atoms with Gasteiger partial charge in [-0.2, -0.15) is 0 Å². The lowest BCUT2D eigenvalue weighted by molar-refractivity contribution is -0.121. The van der Waals surface area contributed by atoms with E-state index in [0.29, 0.717) is 29.2 Å². The normalized spacial score (nSPS) is 16.7. The molecule has 3 rings (SSSR count). The molecule has 1 aromatic heterocycles. The SMILES string of the molecule is CNC(=O)c1cccc(NC(=O)C2CCCN(C(=O)c3cccs3)C2)c1C. The number of hydrogen-bond donors (Lipinski definition) is 2. The molecule has 3 amide bonds. The van der Waals surface area contributed by atoms with Crippen LogP contribution in [-0.2, 0) is 4.79 Å². The highest BCUT2D eigenvalue weighted by Gasteiger charge is 2.29. The smallest absolute Gasteiger partial charge is 0.263 e. The second-order valence-corrected chi connectivity index (χ2v) is 7.56. The molecule has 1 aromatic carbocycles. The second kappa shape index (κ2) is 8.35. The minimum Gasteiger partial charge on any atom is -0.355 e. The molecule has 1 atom stereocenters. The van der Waals surface area contributed by atoms with Gasteiger partial charge in [-0.05, 0) is 48.9 Å². The average Bonchev–Trinajstić information content (AvgIpc) is 3.23. The van der Waals surface area contributed by atoms with Crippen LogP contribution in [0.4, 0.5) is 5.69 Å². The maximum Gasteiger partial charge on any atom is 0.263 e. The summed E-state index contributed by atoms with van der Waals surface area (Å²) >= 11 is 1.42. The van der Waals surface area contributed by atoms with Gasteiger partial charge in [0.05, 0.1) is 10.8 Å². The van der Waals surface area contributed by atoms with Crippen LogP contribution in [0.3, 0.4) is 0 Å². The summed E-state index contributed by atoms with van der Waals surface area (Å²) in [5.41, 5.74) is 1.89. The number of nitrogens with zero attached hydrogens (tertiary/aromatic N) is 1. The summed E-state index contributed by atoms with van der Waals surface area (Å²) in [6.07, 6.45) is 1.54. The van der Waals surface area contributed by atoms with E-state index < -0.39 is 0 Å². The van der Waals surface area contributed by atoms with Crippen LogP contribution in [0.15, 0.2) is 35.7 Å². The summed E-state index contributed by atoms with van der Waals surface area (Å²) < 4.78 is 0. The Balaban J connectivity index is 1.69. The summed E-state index contributed by atoms with van der Waals surface area (Å²) in [6.45, 7) is 2.90. The fourth-order valence-corrected chi connectivity index (χ4v) is 4.01. The van der Waals surface area contributed by atoms with Crippen LogP contribution < -0.4 is 10.6 Å². The van der Waals surface area contributed by atoms with Crippen molar-refractivity contribution in [3.8, 4) is 0 Å². The van der Waals surface area contributed by atoms with Gasteiger partial charge in [0, 0.05) is 31.4 Å². The van der Waals surface area contributed by atoms with Crippen molar-refractivity contribution in [3.63, 3.8) is 0 Å². The zero-order valence-corrected chi connectivity index (χ0v) is 16.3. The maximum absolute atomic E-state index is 12.8. The molecule has 1 aliphatic rings. The molecule has 1 saturated heterocycles. The molecule has 2 heterocycles. The van der Waals surface area contributed by atoms with Crippen molar-refractivity contribution in [1.29, 1.82) is 0 Å². The van der Waals surface area contributed by atoms with Gasteiger partial charge in [-0.1, -0.05) is 12.1 Å². The summed E-state index contributed by atoms with van der Waals surface area (Å²) in [4.78, 5) is 39.7. The number of hydrogen-bond acceptors (Lipinski definition) is 4. The third kappa shape index (κ3) is 4.19. The zero-order chi connectivity index (χ0) is 19.4. The molecule has 0 bridgehead atoms. The van der Waals surface area contributed by atoms with Gasteiger partial charge >= 0.3 is 0 Å². The van der Waals surface area contributed by atoms with Crippen LogP contribution in [0, 0.1) is 12.8 Å². The number of carbonyl (C=O) groups excluding carboxylic acids is 3. The fourth-order valence-electron chi connectivity index (χ4n) is 3.32. The standard InChI is InChI=1S/C20H23N3O3S/c1-13-15(19(25)21-2)7-3-8-16(13)22-18(24)14-6-4-10-23(12-14)20(26)17-9-5-11-27-17/h3,5,7-9,11,14H,4,6,10,12H2,1-2H3,(H,21,25)(H,22,24). The Labute approximate surface area is 162 Å². The molecule has 2 N–H and O–H groups in total. The number of likely N-dealkylation sites (tertiary alicyclic amines) is 1. The van der Waals surface area contributed by atoms with Crippen molar-refractivity contribution in [2.75, 3.05) is 25.5 Å². The highest BCUT2D eigenvalue weighted by molar-refractivity contribution is 7.12. The lowest BCUT2D eigenvalue weighted by atomic mass is 9.96. The Bertz CT molecular complexity index is 848. The van der Waals surface area contributed by atoms with E-state index in [4.69, 9.17) is 0 Å². The molecule has 0 aliphatic carbocycles. The fraction of sp³-hybridized carbons (Fsp3) is 0.350. The number of anilines is 1. The lowest BCUT2D eigenvalue weighted by Gasteiger charge is -2.32. The van der Waals surface area contributed by atoms with E-state index in [1.807, 2.05) is 24.4 Å². The van der Waals surface area contributed by atoms with E-state index in [1.54, 1.807) is 30.1 Å². The number of thiophene rings is 1. The van der Waals surface area contributed by atoms with Crippen molar-refractivity contribution >= 4 is 34.7 Å². The average molecular weight is 385 g/mol. The molecular formula is C20H23N3O3S. The van der Waals surface area contributed by atoms with Crippen LogP contribution in [0.2, 0.25) is 0 Å². The minimum atomic E-state index is -0.259. The second-order valence-electron chi connectivity index (χ2n) is 6.61.